The number of aromatic nitrogens is 4. The third kappa shape index (κ3) is 4.33. The van der Waals surface area contributed by atoms with E-state index in [9.17, 15) is 0 Å². The van der Waals surface area contributed by atoms with Gasteiger partial charge in [0.2, 0.25) is 0 Å². The van der Waals surface area contributed by atoms with E-state index in [0.29, 0.717) is 0 Å². The van der Waals surface area contributed by atoms with Crippen molar-refractivity contribution in [3.63, 3.8) is 0 Å². The number of furan rings is 1. The maximum Gasteiger partial charge on any atom is 0.138 e. The van der Waals surface area contributed by atoms with Crippen molar-refractivity contribution in [3.8, 4) is 28.5 Å². The smallest absolute Gasteiger partial charge is 0.138 e. The van der Waals surface area contributed by atoms with E-state index in [0.717, 1.165) is 66.9 Å². The molecular formula is C53H32N4O. The number of nitrogens with zero attached hydrogens (tertiary/aromatic N) is 4. The number of fused-ring (bicyclic) bond motifs is 12. The summed E-state index contributed by atoms with van der Waals surface area (Å²) >= 11 is 0. The lowest BCUT2D eigenvalue weighted by Gasteiger charge is -2.12. The number of rotatable bonds is 4. The van der Waals surface area contributed by atoms with Crippen molar-refractivity contribution >= 4 is 87.4 Å². The van der Waals surface area contributed by atoms with E-state index in [-0.39, 0.29) is 0 Å². The van der Waals surface area contributed by atoms with Gasteiger partial charge < -0.3 is 13.6 Å². The molecule has 5 heteroatoms. The molecule has 0 N–H and O–H groups in total. The van der Waals surface area contributed by atoms with Crippen LogP contribution < -0.4 is 0 Å². The van der Waals surface area contributed by atoms with E-state index in [2.05, 4.69) is 196 Å². The highest BCUT2D eigenvalue weighted by Gasteiger charge is 2.21. The normalized spacial score (nSPS) is 12.1. The molecule has 270 valence electrons. The summed E-state index contributed by atoms with van der Waals surface area (Å²) < 4.78 is 13.3. The molecule has 0 radical (unpaired) electrons. The monoisotopic (exact) mass is 740 g/mol. The van der Waals surface area contributed by atoms with Crippen LogP contribution in [0.15, 0.2) is 199 Å². The number of hydrogen-bond acceptors (Lipinski definition) is 2. The van der Waals surface area contributed by atoms with Gasteiger partial charge in [0.15, 0.2) is 0 Å². The fourth-order valence-corrected chi connectivity index (χ4v) is 9.59. The molecule has 0 fully saturated rings. The SMILES string of the molecule is c1cc(-c2ccc3oc4ccccc4c3c2)nc(-n2c3ccccc3c3c(-n4c5ccccc5c5cc(-n6c7ccccc7c7ccccc76)ccc54)cccc32)c1. The molecule has 13 aromatic rings. The van der Waals surface area contributed by atoms with E-state index in [1.807, 2.05) is 12.1 Å². The van der Waals surface area contributed by atoms with Gasteiger partial charge in [-0.05, 0) is 91.0 Å². The van der Waals surface area contributed by atoms with Crippen LogP contribution in [0.25, 0.3) is 116 Å². The standard InChI is InChI=1S/C53H32N4O/c1-6-19-43-35(13-1)36-14-2-7-20-44(36)55(43)34-28-29-47-40(32-34)37-15-3-8-21-45(37)56(47)48-23-12-24-49-53(48)39-17-4-9-22-46(39)57(49)52-26-11-18-42(54-52)33-27-30-51-41(31-33)38-16-5-10-25-50(38)58-51/h1-32H. The Labute approximate surface area is 331 Å². The molecule has 8 aromatic carbocycles. The molecule has 5 nitrogen and oxygen atoms in total. The summed E-state index contributed by atoms with van der Waals surface area (Å²) in [5, 5.41) is 9.52. The topological polar surface area (TPSA) is 40.8 Å². The molecule has 5 heterocycles. The summed E-state index contributed by atoms with van der Waals surface area (Å²) in [5.74, 6) is 0.871. The Kier molecular flexibility index (Phi) is 6.38. The van der Waals surface area contributed by atoms with Crippen LogP contribution in [-0.4, -0.2) is 18.7 Å². The molecule has 0 spiro atoms. The molecule has 5 aromatic heterocycles. The minimum Gasteiger partial charge on any atom is -0.456 e. The number of para-hydroxylation sites is 5. The Morgan fingerprint density at radius 3 is 1.67 bits per heavy atom. The van der Waals surface area contributed by atoms with Crippen molar-refractivity contribution < 1.29 is 4.42 Å². The van der Waals surface area contributed by atoms with Crippen molar-refractivity contribution in [1.29, 1.82) is 0 Å². The predicted octanol–water partition coefficient (Wildman–Crippen LogP) is 13.9. The minimum atomic E-state index is 0.871. The lowest BCUT2D eigenvalue weighted by Crippen LogP contribution is -1.99. The average molecular weight is 741 g/mol. The first kappa shape index (κ1) is 31.3. The van der Waals surface area contributed by atoms with Crippen molar-refractivity contribution in [3.05, 3.63) is 194 Å². The molecular weight excluding hydrogens is 709 g/mol. The molecule has 0 aliphatic heterocycles. The van der Waals surface area contributed by atoms with Crippen LogP contribution in [0.1, 0.15) is 0 Å². The van der Waals surface area contributed by atoms with Gasteiger partial charge >= 0.3 is 0 Å². The first-order valence-corrected chi connectivity index (χ1v) is 19.7. The molecule has 0 aliphatic rings. The third-order valence-corrected chi connectivity index (χ3v) is 12.0. The van der Waals surface area contributed by atoms with Gasteiger partial charge in [-0.15, -0.1) is 0 Å². The Hall–Kier alpha value is -7.89. The Bertz CT molecular complexity index is 3770. The second-order valence-corrected chi connectivity index (χ2v) is 15.1. The lowest BCUT2D eigenvalue weighted by molar-refractivity contribution is 0.669. The first-order valence-electron chi connectivity index (χ1n) is 19.7. The van der Waals surface area contributed by atoms with Crippen LogP contribution >= 0.6 is 0 Å². The van der Waals surface area contributed by atoms with Crippen LogP contribution in [-0.2, 0) is 0 Å². The summed E-state index contributed by atoms with van der Waals surface area (Å²) in [5.41, 5.74) is 13.0. The number of benzene rings is 8. The van der Waals surface area contributed by atoms with E-state index >= 15 is 0 Å². The zero-order chi connectivity index (χ0) is 37.9. The van der Waals surface area contributed by atoms with E-state index < -0.39 is 0 Å². The highest BCUT2D eigenvalue weighted by Crippen LogP contribution is 2.41. The molecule has 0 atom stereocenters. The Balaban J connectivity index is 1.03. The van der Waals surface area contributed by atoms with Crippen molar-refractivity contribution in [1.82, 2.24) is 18.7 Å². The highest BCUT2D eigenvalue weighted by molar-refractivity contribution is 6.17. The summed E-state index contributed by atoms with van der Waals surface area (Å²) in [6, 6.07) is 69.5. The van der Waals surface area contributed by atoms with Gasteiger partial charge in [-0.2, -0.15) is 0 Å². The number of hydrogen-bond donors (Lipinski definition) is 0. The summed E-state index contributed by atoms with van der Waals surface area (Å²) in [7, 11) is 0. The highest BCUT2D eigenvalue weighted by atomic mass is 16.3. The minimum absolute atomic E-state index is 0.871. The molecule has 0 amide bonds. The molecule has 0 aliphatic carbocycles. The van der Waals surface area contributed by atoms with E-state index in [4.69, 9.17) is 9.40 Å². The van der Waals surface area contributed by atoms with Gasteiger partial charge in [0.25, 0.3) is 0 Å². The molecule has 0 unspecified atom stereocenters. The van der Waals surface area contributed by atoms with Gasteiger partial charge in [0.05, 0.1) is 44.5 Å². The van der Waals surface area contributed by atoms with Crippen LogP contribution in [0.4, 0.5) is 0 Å². The van der Waals surface area contributed by atoms with Crippen molar-refractivity contribution in [2.45, 2.75) is 0 Å². The number of pyridine rings is 1. The van der Waals surface area contributed by atoms with Gasteiger partial charge in [-0.3, -0.25) is 4.57 Å². The quantitative estimate of drug-likeness (QED) is 0.180. The van der Waals surface area contributed by atoms with Crippen molar-refractivity contribution in [2.75, 3.05) is 0 Å². The maximum absolute atomic E-state index is 6.14. The fraction of sp³-hybridized carbons (Fsp3) is 0. The predicted molar refractivity (Wildman–Crippen MR) is 240 cm³/mol. The Morgan fingerprint density at radius 2 is 0.914 bits per heavy atom. The molecule has 0 saturated heterocycles. The zero-order valence-corrected chi connectivity index (χ0v) is 31.2. The van der Waals surface area contributed by atoms with Gasteiger partial charge in [0.1, 0.15) is 17.0 Å². The summed E-state index contributed by atoms with van der Waals surface area (Å²) in [6.45, 7) is 0. The molecule has 13 rings (SSSR count). The summed E-state index contributed by atoms with van der Waals surface area (Å²) in [4.78, 5) is 5.35. The summed E-state index contributed by atoms with van der Waals surface area (Å²) in [6.07, 6.45) is 0. The molecule has 0 saturated carbocycles. The third-order valence-electron chi connectivity index (χ3n) is 12.0. The first-order chi connectivity index (χ1) is 28.8. The van der Waals surface area contributed by atoms with Crippen LogP contribution in [0.5, 0.6) is 0 Å². The van der Waals surface area contributed by atoms with Gasteiger partial charge in [-0.25, -0.2) is 4.98 Å². The van der Waals surface area contributed by atoms with Crippen LogP contribution in [0.2, 0.25) is 0 Å². The lowest BCUT2D eigenvalue weighted by atomic mass is 10.1. The van der Waals surface area contributed by atoms with E-state index in [1.54, 1.807) is 0 Å². The van der Waals surface area contributed by atoms with Gasteiger partial charge in [-0.1, -0.05) is 103 Å². The second-order valence-electron chi connectivity index (χ2n) is 15.1. The average Bonchev–Trinajstić information content (AvgIpc) is 4.02. The van der Waals surface area contributed by atoms with Gasteiger partial charge in [0, 0.05) is 54.3 Å². The largest absolute Gasteiger partial charge is 0.456 e. The molecule has 58 heavy (non-hydrogen) atoms. The van der Waals surface area contributed by atoms with Crippen LogP contribution in [0, 0.1) is 0 Å². The zero-order valence-electron chi connectivity index (χ0n) is 31.2. The van der Waals surface area contributed by atoms with E-state index in [1.165, 1.54) is 48.9 Å². The maximum atomic E-state index is 6.14. The fourth-order valence-electron chi connectivity index (χ4n) is 9.59. The van der Waals surface area contributed by atoms with Crippen LogP contribution in [0.3, 0.4) is 0 Å². The Morgan fingerprint density at radius 1 is 0.345 bits per heavy atom. The second kappa shape index (κ2) is 11.8. The van der Waals surface area contributed by atoms with Crippen molar-refractivity contribution in [2.24, 2.45) is 0 Å². The molecule has 0 bridgehead atoms.